The van der Waals surface area contributed by atoms with Crippen molar-refractivity contribution in [1.82, 2.24) is 0 Å². The number of benzene rings is 4. The molecule has 1 aliphatic rings. The molecule has 6 nitrogen and oxygen atoms in total. The van der Waals surface area contributed by atoms with Gasteiger partial charge in [-0.25, -0.2) is 8.42 Å². The fourth-order valence-corrected chi connectivity index (χ4v) is 5.51. The molecule has 0 aromatic heterocycles. The third-order valence-corrected chi connectivity index (χ3v) is 7.49. The molecule has 5 rings (SSSR count). The molecule has 1 amide bonds. The number of anilines is 2. The summed E-state index contributed by atoms with van der Waals surface area (Å²) in [6.45, 7) is -0.193. The number of nitrogens with zero attached hydrogens (tertiary/aromatic N) is 1. The lowest BCUT2D eigenvalue weighted by Crippen LogP contribution is -2.48. The van der Waals surface area contributed by atoms with Gasteiger partial charge in [0.15, 0.2) is 6.10 Å². The highest BCUT2D eigenvalue weighted by Gasteiger charge is 2.37. The van der Waals surface area contributed by atoms with E-state index >= 15 is 0 Å². The summed E-state index contributed by atoms with van der Waals surface area (Å²) in [5, 5.41) is 5.12. The Morgan fingerprint density at radius 2 is 1.67 bits per heavy atom. The average molecular weight is 479 g/mol. The van der Waals surface area contributed by atoms with Crippen molar-refractivity contribution in [3.8, 4) is 5.75 Å². The second-order valence-corrected chi connectivity index (χ2v) is 9.88. The van der Waals surface area contributed by atoms with Crippen LogP contribution in [-0.4, -0.2) is 27.0 Å². The van der Waals surface area contributed by atoms with Crippen molar-refractivity contribution in [2.24, 2.45) is 0 Å². The number of ether oxygens (including phenoxy) is 1. The lowest BCUT2D eigenvalue weighted by Gasteiger charge is -2.35. The number of sulfonamides is 1. The minimum Gasteiger partial charge on any atom is -0.476 e. The minimum atomic E-state index is -3.95. The van der Waals surface area contributed by atoms with E-state index in [2.05, 4.69) is 5.32 Å². The predicted octanol–water partition coefficient (Wildman–Crippen LogP) is 5.09. The van der Waals surface area contributed by atoms with Gasteiger partial charge in [-0.15, -0.1) is 0 Å². The van der Waals surface area contributed by atoms with E-state index in [9.17, 15) is 13.2 Å². The molecular weight excluding hydrogens is 460 g/mol. The average Bonchev–Trinajstić information content (AvgIpc) is 2.84. The minimum absolute atomic E-state index is 0.117. The summed E-state index contributed by atoms with van der Waals surface area (Å²) in [7, 11) is -3.95. The summed E-state index contributed by atoms with van der Waals surface area (Å²) in [6.07, 6.45) is -1.06. The van der Waals surface area contributed by atoms with Crippen molar-refractivity contribution in [1.29, 1.82) is 0 Å². The molecule has 0 unspecified atom stereocenters. The number of carbonyl (C=O) groups excluding carboxylic acids is 1. The Kier molecular flexibility index (Phi) is 5.44. The normalized spacial score (nSPS) is 15.5. The molecule has 4 aromatic rings. The highest BCUT2D eigenvalue weighted by molar-refractivity contribution is 7.92. The van der Waals surface area contributed by atoms with Crippen LogP contribution in [0.4, 0.5) is 11.4 Å². The highest BCUT2D eigenvalue weighted by Crippen LogP contribution is 2.39. The molecule has 1 N–H and O–H groups in total. The zero-order valence-electron chi connectivity index (χ0n) is 17.3. The van der Waals surface area contributed by atoms with E-state index < -0.39 is 22.0 Å². The van der Waals surface area contributed by atoms with Gasteiger partial charge in [0.1, 0.15) is 5.75 Å². The van der Waals surface area contributed by atoms with Crippen molar-refractivity contribution < 1.29 is 17.9 Å². The number of carbonyl (C=O) groups is 1. The Bertz CT molecular complexity index is 1450. The summed E-state index contributed by atoms with van der Waals surface area (Å²) < 4.78 is 34.0. The molecule has 33 heavy (non-hydrogen) atoms. The fraction of sp³-hybridized carbons (Fsp3) is 0.0800. The molecule has 1 heterocycles. The van der Waals surface area contributed by atoms with Crippen LogP contribution in [0.15, 0.2) is 95.9 Å². The monoisotopic (exact) mass is 478 g/mol. The van der Waals surface area contributed by atoms with Crippen LogP contribution in [-0.2, 0) is 14.8 Å². The van der Waals surface area contributed by atoms with E-state index in [4.69, 9.17) is 16.3 Å². The first-order valence-corrected chi connectivity index (χ1v) is 12.1. The molecule has 4 aromatic carbocycles. The van der Waals surface area contributed by atoms with Crippen molar-refractivity contribution >= 4 is 49.7 Å². The summed E-state index contributed by atoms with van der Waals surface area (Å²) in [6, 6.07) is 26.0. The highest BCUT2D eigenvalue weighted by atomic mass is 35.5. The summed E-state index contributed by atoms with van der Waals surface area (Å²) >= 11 is 6.14. The Morgan fingerprint density at radius 3 is 2.48 bits per heavy atom. The largest absolute Gasteiger partial charge is 0.476 e. The molecule has 0 bridgehead atoms. The first kappa shape index (κ1) is 21.3. The van der Waals surface area contributed by atoms with E-state index in [0.717, 1.165) is 10.8 Å². The van der Waals surface area contributed by atoms with Gasteiger partial charge in [-0.3, -0.25) is 9.10 Å². The lowest BCUT2D eigenvalue weighted by molar-refractivity contribution is -0.122. The number of halogens is 1. The summed E-state index contributed by atoms with van der Waals surface area (Å²) in [4.78, 5) is 13.3. The molecule has 1 aliphatic heterocycles. The quantitative estimate of drug-likeness (QED) is 0.443. The topological polar surface area (TPSA) is 75.7 Å². The standard InChI is InChI=1S/C25H19ClN2O4S/c26-18-13-14-23-22(15-18)28(33(30,31)19-9-2-1-3-10-19)16-24(32-23)25(29)27-21-12-6-8-17-7-4-5-11-20(17)21/h1-15,24H,16H2,(H,27,29)/t24-/m1/s1. The Balaban J connectivity index is 1.51. The summed E-state index contributed by atoms with van der Waals surface area (Å²) in [5.41, 5.74) is 0.918. The number of hydrogen-bond acceptors (Lipinski definition) is 4. The Morgan fingerprint density at radius 1 is 0.939 bits per heavy atom. The van der Waals surface area contributed by atoms with Crippen molar-refractivity contribution in [3.63, 3.8) is 0 Å². The third-order valence-electron chi connectivity index (χ3n) is 5.46. The van der Waals surface area contributed by atoms with E-state index in [-0.39, 0.29) is 17.2 Å². The Hall–Kier alpha value is -3.55. The number of hydrogen-bond donors (Lipinski definition) is 1. The molecule has 0 saturated heterocycles. The van der Waals surface area contributed by atoms with Crippen LogP contribution in [0.3, 0.4) is 0 Å². The zero-order valence-corrected chi connectivity index (χ0v) is 18.9. The molecule has 1 atom stereocenters. The maximum atomic E-state index is 13.5. The smallest absolute Gasteiger partial charge is 0.267 e. The van der Waals surface area contributed by atoms with E-state index in [1.54, 1.807) is 36.4 Å². The van der Waals surface area contributed by atoms with Gasteiger partial charge in [-0.2, -0.15) is 0 Å². The van der Waals surface area contributed by atoms with E-state index in [1.165, 1.54) is 22.5 Å². The van der Waals surface area contributed by atoms with Crippen LogP contribution in [0.5, 0.6) is 5.75 Å². The van der Waals surface area contributed by atoms with Crippen molar-refractivity contribution in [2.75, 3.05) is 16.2 Å². The predicted molar refractivity (Wildman–Crippen MR) is 129 cm³/mol. The third kappa shape index (κ3) is 4.01. The van der Waals surface area contributed by atoms with Gasteiger partial charge in [-0.05, 0) is 41.8 Å². The second-order valence-electron chi connectivity index (χ2n) is 7.58. The molecule has 0 fully saturated rings. The van der Waals surface area contributed by atoms with Crippen LogP contribution in [0.25, 0.3) is 10.8 Å². The maximum Gasteiger partial charge on any atom is 0.267 e. The van der Waals surface area contributed by atoms with Gasteiger partial charge in [0.25, 0.3) is 15.9 Å². The first-order chi connectivity index (χ1) is 15.9. The Labute approximate surface area is 196 Å². The molecule has 0 saturated carbocycles. The van der Waals surface area contributed by atoms with Gasteiger partial charge in [-0.1, -0.05) is 66.2 Å². The van der Waals surface area contributed by atoms with Gasteiger partial charge < -0.3 is 10.1 Å². The maximum absolute atomic E-state index is 13.5. The van der Waals surface area contributed by atoms with Crippen LogP contribution >= 0.6 is 11.6 Å². The van der Waals surface area contributed by atoms with Crippen molar-refractivity contribution in [2.45, 2.75) is 11.0 Å². The second kappa shape index (κ2) is 8.42. The van der Waals surface area contributed by atoms with Crippen LogP contribution in [0.2, 0.25) is 5.02 Å². The molecule has 0 spiro atoms. The first-order valence-electron chi connectivity index (χ1n) is 10.3. The summed E-state index contributed by atoms with van der Waals surface area (Å²) in [5.74, 6) is -0.177. The number of amides is 1. The van der Waals surface area contributed by atoms with E-state index in [1.807, 2.05) is 36.4 Å². The molecule has 0 radical (unpaired) electrons. The van der Waals surface area contributed by atoms with Gasteiger partial charge in [0.05, 0.1) is 17.1 Å². The van der Waals surface area contributed by atoms with E-state index in [0.29, 0.717) is 16.4 Å². The molecule has 0 aliphatic carbocycles. The lowest BCUT2D eigenvalue weighted by atomic mass is 10.1. The molecule has 8 heteroatoms. The number of rotatable bonds is 4. The van der Waals surface area contributed by atoms with Crippen molar-refractivity contribution in [3.05, 3.63) is 96.0 Å². The van der Waals surface area contributed by atoms with Crippen LogP contribution in [0.1, 0.15) is 0 Å². The van der Waals surface area contributed by atoms with Crippen LogP contribution < -0.4 is 14.4 Å². The zero-order chi connectivity index (χ0) is 23.0. The number of fused-ring (bicyclic) bond motifs is 2. The SMILES string of the molecule is O=C(Nc1cccc2ccccc12)[C@H]1CN(S(=O)(=O)c2ccccc2)c2cc(Cl)ccc2O1. The van der Waals surface area contributed by atoms with Gasteiger partial charge in [0.2, 0.25) is 0 Å². The fourth-order valence-electron chi connectivity index (χ4n) is 3.86. The van der Waals surface area contributed by atoms with Gasteiger partial charge >= 0.3 is 0 Å². The van der Waals surface area contributed by atoms with Gasteiger partial charge in [0, 0.05) is 16.1 Å². The molecular formula is C25H19ClN2O4S. The van der Waals surface area contributed by atoms with Crippen LogP contribution in [0, 0.1) is 0 Å². The number of nitrogens with one attached hydrogen (secondary N) is 1. The molecule has 166 valence electrons.